The first-order valence-corrected chi connectivity index (χ1v) is 9.19. The molecule has 6 nitrogen and oxygen atoms in total. The molecule has 2 N–H and O–H groups in total. The molecule has 0 aliphatic rings. The monoisotopic (exact) mass is 318 g/mol. The van der Waals surface area contributed by atoms with E-state index < -0.39 is 26.9 Å². The smallest absolute Gasteiger partial charge is 0.328 e. The van der Waals surface area contributed by atoms with E-state index in [9.17, 15) is 17.4 Å². The molecule has 0 unspecified atom stereocenters. The topological polar surface area (TPSA) is 92.3 Å². The molecule has 1 atom stereocenters. The Balaban J connectivity index is 2.52. The quantitative estimate of drug-likeness (QED) is 0.757. The number of hydrogen-bond donors (Lipinski definition) is 2. The predicted molar refractivity (Wildman–Crippen MR) is 78.4 cm³/mol. The van der Waals surface area contributed by atoms with Gasteiger partial charge in [0, 0.05) is 29.4 Å². The van der Waals surface area contributed by atoms with Crippen LogP contribution < -0.4 is 10.0 Å². The Labute approximate surface area is 121 Å². The molecule has 2 amide bonds. The van der Waals surface area contributed by atoms with Crippen molar-refractivity contribution in [3.63, 3.8) is 0 Å². The zero-order chi connectivity index (χ0) is 15.2. The van der Waals surface area contributed by atoms with Crippen LogP contribution in [0.15, 0.2) is 29.2 Å². The Hall–Kier alpha value is -1.41. The molecule has 112 valence electrons. The molecule has 0 spiro atoms. The Morgan fingerprint density at radius 1 is 1.25 bits per heavy atom. The maximum atomic E-state index is 11.9. The molecule has 1 aromatic carbocycles. The molecular weight excluding hydrogens is 300 g/mol. The third-order valence-electron chi connectivity index (χ3n) is 2.45. The maximum absolute atomic E-state index is 11.9. The van der Waals surface area contributed by atoms with Gasteiger partial charge in [-0.3, -0.25) is 4.21 Å². The summed E-state index contributed by atoms with van der Waals surface area (Å²) in [6, 6.07) is 5.40. The minimum atomic E-state index is -3.85. The molecule has 0 fully saturated rings. The molecular formula is C12H18N2O4S2. The third kappa shape index (κ3) is 5.70. The summed E-state index contributed by atoms with van der Waals surface area (Å²) in [5.41, 5.74) is 0.931. The largest absolute Gasteiger partial charge is 0.337 e. The van der Waals surface area contributed by atoms with Crippen LogP contribution in [0.1, 0.15) is 12.0 Å². The van der Waals surface area contributed by atoms with Crippen molar-refractivity contribution in [1.82, 2.24) is 10.0 Å². The van der Waals surface area contributed by atoms with Crippen molar-refractivity contribution in [2.24, 2.45) is 0 Å². The van der Waals surface area contributed by atoms with Crippen molar-refractivity contribution in [1.29, 1.82) is 0 Å². The number of hydrogen-bond acceptors (Lipinski definition) is 4. The lowest BCUT2D eigenvalue weighted by Crippen LogP contribution is -2.40. The van der Waals surface area contributed by atoms with E-state index in [1.54, 1.807) is 18.4 Å². The Morgan fingerprint density at radius 2 is 1.85 bits per heavy atom. The van der Waals surface area contributed by atoms with E-state index in [1.165, 1.54) is 12.1 Å². The Bertz CT molecular complexity index is 582. The summed E-state index contributed by atoms with van der Waals surface area (Å²) in [7, 11) is -4.77. The number of aryl methyl sites for hydroxylation is 1. The molecule has 0 radical (unpaired) electrons. The minimum absolute atomic E-state index is 0.0351. The van der Waals surface area contributed by atoms with Crippen molar-refractivity contribution in [2.75, 3.05) is 18.6 Å². The second-order valence-corrected chi connectivity index (χ2v) is 7.54. The maximum Gasteiger partial charge on any atom is 0.328 e. The summed E-state index contributed by atoms with van der Waals surface area (Å²) < 4.78 is 36.5. The van der Waals surface area contributed by atoms with Crippen LogP contribution in [0.4, 0.5) is 4.79 Å². The van der Waals surface area contributed by atoms with Gasteiger partial charge in [-0.05, 0) is 25.5 Å². The summed E-state index contributed by atoms with van der Waals surface area (Å²) in [5.74, 6) is 0.463. The predicted octanol–water partition coefficient (Wildman–Crippen LogP) is 0.752. The highest BCUT2D eigenvalue weighted by Crippen LogP contribution is 2.09. The number of urea groups is 1. The molecule has 0 aromatic heterocycles. The summed E-state index contributed by atoms with van der Waals surface area (Å²) in [6.07, 6.45) is 2.10. The first-order chi connectivity index (χ1) is 9.31. The van der Waals surface area contributed by atoms with Crippen LogP contribution in [0.5, 0.6) is 0 Å². The van der Waals surface area contributed by atoms with Gasteiger partial charge in [0.2, 0.25) is 0 Å². The fraction of sp³-hybridized carbons (Fsp3) is 0.417. The molecule has 1 rings (SSSR count). The first-order valence-electron chi connectivity index (χ1n) is 5.98. The molecule has 20 heavy (non-hydrogen) atoms. The highest BCUT2D eigenvalue weighted by Gasteiger charge is 2.16. The van der Waals surface area contributed by atoms with Gasteiger partial charge in [0.05, 0.1) is 4.90 Å². The average molecular weight is 318 g/mol. The Kier molecular flexibility index (Phi) is 6.15. The lowest BCUT2D eigenvalue weighted by atomic mass is 10.2. The van der Waals surface area contributed by atoms with Gasteiger partial charge in [-0.15, -0.1) is 0 Å². The van der Waals surface area contributed by atoms with E-state index in [0.717, 1.165) is 5.56 Å². The van der Waals surface area contributed by atoms with Crippen molar-refractivity contribution in [3.8, 4) is 0 Å². The van der Waals surface area contributed by atoms with Crippen LogP contribution in [-0.4, -0.2) is 37.2 Å². The zero-order valence-electron chi connectivity index (χ0n) is 11.4. The Morgan fingerprint density at radius 3 is 2.40 bits per heavy atom. The number of carbonyl (C=O) groups is 1. The van der Waals surface area contributed by atoms with Crippen LogP contribution in [0, 0.1) is 6.92 Å². The lowest BCUT2D eigenvalue weighted by molar-refractivity contribution is 0.246. The molecule has 0 aliphatic carbocycles. The number of amides is 2. The van der Waals surface area contributed by atoms with Gasteiger partial charge < -0.3 is 5.32 Å². The van der Waals surface area contributed by atoms with E-state index in [4.69, 9.17) is 0 Å². The minimum Gasteiger partial charge on any atom is -0.337 e. The fourth-order valence-corrected chi connectivity index (χ4v) is 2.89. The first kappa shape index (κ1) is 16.6. The second kappa shape index (κ2) is 7.39. The van der Waals surface area contributed by atoms with Crippen molar-refractivity contribution in [2.45, 2.75) is 18.2 Å². The molecule has 0 saturated heterocycles. The van der Waals surface area contributed by atoms with E-state index in [0.29, 0.717) is 12.2 Å². The van der Waals surface area contributed by atoms with Gasteiger partial charge in [0.25, 0.3) is 10.0 Å². The molecule has 0 heterocycles. The van der Waals surface area contributed by atoms with E-state index in [-0.39, 0.29) is 11.4 Å². The molecule has 0 bridgehead atoms. The summed E-state index contributed by atoms with van der Waals surface area (Å²) in [5, 5.41) is 2.41. The number of benzene rings is 1. The highest BCUT2D eigenvalue weighted by atomic mass is 32.2. The molecule has 0 aliphatic heterocycles. The van der Waals surface area contributed by atoms with E-state index in [1.807, 2.05) is 11.6 Å². The molecule has 8 heteroatoms. The van der Waals surface area contributed by atoms with Crippen LogP contribution in [0.3, 0.4) is 0 Å². The van der Waals surface area contributed by atoms with Crippen molar-refractivity contribution in [3.05, 3.63) is 29.8 Å². The highest BCUT2D eigenvalue weighted by molar-refractivity contribution is 7.90. The SMILES string of the molecule is Cc1ccc(S(=O)(=O)NC(=O)NCCC[S@@](C)=O)cc1. The van der Waals surface area contributed by atoms with Crippen LogP contribution in [0.2, 0.25) is 0 Å². The normalized spacial score (nSPS) is 12.7. The lowest BCUT2D eigenvalue weighted by Gasteiger charge is -2.08. The summed E-state index contributed by atoms with van der Waals surface area (Å²) >= 11 is 0. The zero-order valence-corrected chi connectivity index (χ0v) is 13.0. The number of carbonyl (C=O) groups excluding carboxylic acids is 1. The van der Waals surface area contributed by atoms with Gasteiger partial charge in [0.1, 0.15) is 0 Å². The second-order valence-electron chi connectivity index (χ2n) is 4.31. The van der Waals surface area contributed by atoms with Gasteiger partial charge in [-0.25, -0.2) is 17.9 Å². The standard InChI is InChI=1S/C12H18N2O4S2/c1-10-4-6-11(7-5-10)20(17,18)14-12(15)13-8-3-9-19(2)16/h4-7H,3,8-9H2,1-2H3,(H2,13,14,15)/t19-/m1/s1. The van der Waals surface area contributed by atoms with Gasteiger partial charge >= 0.3 is 6.03 Å². The van der Waals surface area contributed by atoms with Gasteiger partial charge in [0.15, 0.2) is 0 Å². The van der Waals surface area contributed by atoms with Crippen molar-refractivity contribution >= 4 is 26.9 Å². The fourth-order valence-electron chi connectivity index (χ4n) is 1.41. The number of nitrogens with one attached hydrogen (secondary N) is 2. The number of rotatable bonds is 6. The van der Waals surface area contributed by atoms with Crippen molar-refractivity contribution < 1.29 is 17.4 Å². The van der Waals surface area contributed by atoms with Crippen LogP contribution in [-0.2, 0) is 20.8 Å². The third-order valence-corrected chi connectivity index (χ3v) is 4.66. The summed E-state index contributed by atoms with van der Waals surface area (Å²) in [6.45, 7) is 2.11. The van der Waals surface area contributed by atoms with Crippen LogP contribution in [0.25, 0.3) is 0 Å². The van der Waals surface area contributed by atoms with Gasteiger partial charge in [-0.2, -0.15) is 0 Å². The van der Waals surface area contributed by atoms with E-state index in [2.05, 4.69) is 5.32 Å². The number of sulfonamides is 1. The van der Waals surface area contributed by atoms with Gasteiger partial charge in [-0.1, -0.05) is 17.7 Å². The van der Waals surface area contributed by atoms with Crippen LogP contribution >= 0.6 is 0 Å². The van der Waals surface area contributed by atoms with E-state index >= 15 is 0 Å². The average Bonchev–Trinajstić information content (AvgIpc) is 2.34. The molecule has 0 saturated carbocycles. The molecule has 1 aromatic rings. The summed E-state index contributed by atoms with van der Waals surface area (Å²) in [4.78, 5) is 11.5.